The van der Waals surface area contributed by atoms with Gasteiger partial charge in [0.1, 0.15) is 5.41 Å². The van der Waals surface area contributed by atoms with E-state index in [1.165, 1.54) is 7.11 Å². The number of Topliss-reactive ketones (excluding diaryl/α,β-unsaturated/α-hetero) is 1. The van der Waals surface area contributed by atoms with E-state index in [4.69, 9.17) is 4.74 Å². The average Bonchev–Trinajstić information content (AvgIpc) is 2.54. The maximum Gasteiger partial charge on any atom is 0.320 e. The van der Waals surface area contributed by atoms with E-state index in [-0.39, 0.29) is 25.2 Å². The topological polar surface area (TPSA) is 69.7 Å². The number of methoxy groups -OCH3 is 1. The van der Waals surface area contributed by atoms with Crippen LogP contribution < -0.4 is 0 Å². The fourth-order valence-corrected chi connectivity index (χ4v) is 2.90. The summed E-state index contributed by atoms with van der Waals surface area (Å²) >= 11 is 0. The molecule has 118 valence electrons. The highest BCUT2D eigenvalue weighted by Gasteiger charge is 2.49. The van der Waals surface area contributed by atoms with Gasteiger partial charge < -0.3 is 9.47 Å². The van der Waals surface area contributed by atoms with Crippen molar-refractivity contribution in [3.8, 4) is 0 Å². The molecule has 0 fully saturated rings. The first-order valence-electron chi connectivity index (χ1n) is 7.42. The van der Waals surface area contributed by atoms with Crippen LogP contribution in [0.2, 0.25) is 0 Å². The Kier molecular flexibility index (Phi) is 4.96. The number of esters is 2. The summed E-state index contributed by atoms with van der Waals surface area (Å²) in [6.45, 7) is 1.90. The molecule has 0 heterocycles. The molecule has 0 saturated heterocycles. The number of benzene rings is 1. The minimum Gasteiger partial charge on any atom is -0.469 e. The third kappa shape index (κ3) is 2.89. The summed E-state index contributed by atoms with van der Waals surface area (Å²) in [5.74, 6) is -1.23. The molecule has 1 aliphatic rings. The van der Waals surface area contributed by atoms with E-state index in [0.717, 1.165) is 5.56 Å². The first kappa shape index (κ1) is 16.2. The minimum absolute atomic E-state index is 0.0171. The van der Waals surface area contributed by atoms with Crippen LogP contribution in [0.5, 0.6) is 0 Å². The van der Waals surface area contributed by atoms with Gasteiger partial charge in [0.05, 0.1) is 13.7 Å². The van der Waals surface area contributed by atoms with Crippen LogP contribution in [0.1, 0.15) is 42.1 Å². The first-order chi connectivity index (χ1) is 10.5. The quantitative estimate of drug-likeness (QED) is 0.617. The van der Waals surface area contributed by atoms with Crippen molar-refractivity contribution in [2.75, 3.05) is 13.7 Å². The number of fused-ring (bicyclic) bond motifs is 1. The van der Waals surface area contributed by atoms with Gasteiger partial charge in [-0.15, -0.1) is 0 Å². The highest BCUT2D eigenvalue weighted by atomic mass is 16.5. The second kappa shape index (κ2) is 6.73. The Balaban J connectivity index is 2.35. The minimum atomic E-state index is -1.28. The fourth-order valence-electron chi connectivity index (χ4n) is 2.90. The van der Waals surface area contributed by atoms with Crippen LogP contribution >= 0.6 is 0 Å². The summed E-state index contributed by atoms with van der Waals surface area (Å²) in [5, 5.41) is 0. The molecule has 5 heteroatoms. The molecule has 0 unspecified atom stereocenters. The predicted molar refractivity (Wildman–Crippen MR) is 79.4 cm³/mol. The lowest BCUT2D eigenvalue weighted by Gasteiger charge is -2.34. The number of ether oxygens (including phenoxy) is 2. The molecule has 0 spiro atoms. The van der Waals surface area contributed by atoms with Crippen molar-refractivity contribution in [1.82, 2.24) is 0 Å². The molecule has 2 rings (SSSR count). The molecule has 0 amide bonds. The second-order valence-corrected chi connectivity index (χ2v) is 5.36. The van der Waals surface area contributed by atoms with Gasteiger partial charge in [0, 0.05) is 12.0 Å². The maximum absolute atomic E-state index is 12.9. The average molecular weight is 304 g/mol. The second-order valence-electron chi connectivity index (χ2n) is 5.36. The molecule has 5 nitrogen and oxygen atoms in total. The monoisotopic (exact) mass is 304 g/mol. The summed E-state index contributed by atoms with van der Waals surface area (Å²) in [7, 11) is 1.29. The molecule has 1 aromatic rings. The first-order valence-corrected chi connectivity index (χ1v) is 7.42. The molecule has 22 heavy (non-hydrogen) atoms. The predicted octanol–water partition coefficient (Wildman–Crippen LogP) is 2.32. The molecule has 1 aliphatic carbocycles. The van der Waals surface area contributed by atoms with Gasteiger partial charge in [-0.2, -0.15) is 0 Å². The Labute approximate surface area is 129 Å². The van der Waals surface area contributed by atoms with E-state index in [1.54, 1.807) is 19.1 Å². The van der Waals surface area contributed by atoms with Gasteiger partial charge in [-0.05, 0) is 31.7 Å². The van der Waals surface area contributed by atoms with Crippen LogP contribution in [-0.2, 0) is 25.5 Å². The zero-order chi connectivity index (χ0) is 16.2. The van der Waals surface area contributed by atoms with Crippen molar-refractivity contribution in [2.24, 2.45) is 5.41 Å². The summed E-state index contributed by atoms with van der Waals surface area (Å²) < 4.78 is 9.75. The molecule has 0 N–H and O–H groups in total. The Morgan fingerprint density at radius 2 is 2.00 bits per heavy atom. The van der Waals surface area contributed by atoms with Crippen molar-refractivity contribution in [1.29, 1.82) is 0 Å². The normalized spacial score (nSPS) is 20.2. The number of carbonyl (C=O) groups excluding carboxylic acids is 3. The molecule has 0 bridgehead atoms. The number of aryl methyl sites for hydroxylation is 1. The highest BCUT2D eigenvalue weighted by molar-refractivity contribution is 6.14. The Morgan fingerprint density at radius 3 is 2.68 bits per heavy atom. The maximum atomic E-state index is 12.9. The number of rotatable bonds is 5. The third-order valence-corrected chi connectivity index (χ3v) is 4.17. The van der Waals surface area contributed by atoms with Gasteiger partial charge in [0.2, 0.25) is 0 Å². The van der Waals surface area contributed by atoms with Crippen LogP contribution in [0.25, 0.3) is 0 Å². The fraction of sp³-hybridized carbons (Fsp3) is 0.471. The van der Waals surface area contributed by atoms with Crippen molar-refractivity contribution in [2.45, 2.75) is 32.6 Å². The van der Waals surface area contributed by atoms with Crippen LogP contribution in [0.15, 0.2) is 24.3 Å². The summed E-state index contributed by atoms with van der Waals surface area (Å²) in [6, 6.07) is 7.27. The van der Waals surface area contributed by atoms with E-state index < -0.39 is 17.4 Å². The van der Waals surface area contributed by atoms with Crippen molar-refractivity contribution >= 4 is 17.7 Å². The number of ketones is 1. The van der Waals surface area contributed by atoms with Crippen LogP contribution in [0.4, 0.5) is 0 Å². The molecule has 0 radical (unpaired) electrons. The molecule has 1 atom stereocenters. The largest absolute Gasteiger partial charge is 0.469 e. The Bertz CT molecular complexity index is 592. The highest BCUT2D eigenvalue weighted by Crippen LogP contribution is 2.40. The number of hydrogen-bond acceptors (Lipinski definition) is 5. The lowest BCUT2D eigenvalue weighted by Crippen LogP contribution is -2.44. The number of hydrogen-bond donors (Lipinski definition) is 0. The van der Waals surface area contributed by atoms with Crippen molar-refractivity contribution in [3.05, 3.63) is 35.4 Å². The summed E-state index contributed by atoms with van der Waals surface area (Å²) in [4.78, 5) is 36.8. The molecule has 0 aromatic heterocycles. The van der Waals surface area contributed by atoms with Crippen LogP contribution in [0, 0.1) is 5.41 Å². The zero-order valence-corrected chi connectivity index (χ0v) is 12.9. The van der Waals surface area contributed by atoms with Gasteiger partial charge in [0.15, 0.2) is 5.78 Å². The van der Waals surface area contributed by atoms with Gasteiger partial charge >= 0.3 is 11.9 Å². The van der Waals surface area contributed by atoms with Gasteiger partial charge in [-0.3, -0.25) is 14.4 Å². The Hall–Kier alpha value is -2.17. The van der Waals surface area contributed by atoms with Crippen molar-refractivity contribution in [3.63, 3.8) is 0 Å². The smallest absolute Gasteiger partial charge is 0.320 e. The van der Waals surface area contributed by atoms with Gasteiger partial charge in [0.25, 0.3) is 0 Å². The van der Waals surface area contributed by atoms with E-state index in [0.29, 0.717) is 18.4 Å². The number of carbonyl (C=O) groups is 3. The van der Waals surface area contributed by atoms with Gasteiger partial charge in [-0.1, -0.05) is 24.3 Å². The van der Waals surface area contributed by atoms with E-state index in [2.05, 4.69) is 4.74 Å². The molecular formula is C17H20O5. The summed E-state index contributed by atoms with van der Waals surface area (Å²) in [5.41, 5.74) is 0.204. The molecule has 0 aliphatic heterocycles. The van der Waals surface area contributed by atoms with Gasteiger partial charge in [-0.25, -0.2) is 0 Å². The molecular weight excluding hydrogens is 284 g/mol. The Morgan fingerprint density at radius 1 is 1.27 bits per heavy atom. The van der Waals surface area contributed by atoms with E-state index in [1.807, 2.05) is 12.1 Å². The summed E-state index contributed by atoms with van der Waals surface area (Å²) in [6.07, 6.45) is 1.11. The zero-order valence-electron chi connectivity index (χ0n) is 12.9. The standard InChI is InChI=1S/C17H20O5/c1-3-22-16(20)17(11-9-14(18)21-2)10-8-12-6-4-5-7-13(12)15(17)19/h4-7H,3,8-11H2,1-2H3/t17-/m0/s1. The lowest BCUT2D eigenvalue weighted by atomic mass is 9.68. The molecule has 1 aromatic carbocycles. The third-order valence-electron chi connectivity index (χ3n) is 4.17. The van der Waals surface area contributed by atoms with Crippen molar-refractivity contribution < 1.29 is 23.9 Å². The van der Waals surface area contributed by atoms with E-state index >= 15 is 0 Å². The van der Waals surface area contributed by atoms with Crippen LogP contribution in [0.3, 0.4) is 0 Å². The molecule has 0 saturated carbocycles. The lowest BCUT2D eigenvalue weighted by molar-refractivity contribution is -0.154. The SMILES string of the molecule is CCOC(=O)[C@]1(CCC(=O)OC)CCc2ccccc2C1=O. The van der Waals surface area contributed by atoms with E-state index in [9.17, 15) is 14.4 Å². The van der Waals surface area contributed by atoms with Crippen LogP contribution in [-0.4, -0.2) is 31.4 Å².